The van der Waals surface area contributed by atoms with Crippen LogP contribution < -0.4 is 9.47 Å². The molecule has 28 heavy (non-hydrogen) atoms. The first kappa shape index (κ1) is 19.4. The van der Waals surface area contributed by atoms with Crippen LogP contribution in [0.4, 0.5) is 4.39 Å². The van der Waals surface area contributed by atoms with Gasteiger partial charge in [0.05, 0.1) is 18.4 Å². The lowest BCUT2D eigenvalue weighted by Crippen LogP contribution is -2.00. The number of ether oxygens (including phenoxy) is 2. The van der Waals surface area contributed by atoms with Gasteiger partial charge in [0.2, 0.25) is 0 Å². The molecule has 3 rings (SSSR count). The molecule has 0 N–H and O–H groups in total. The molecule has 1 heterocycles. The highest BCUT2D eigenvalue weighted by Gasteiger charge is 2.10. The summed E-state index contributed by atoms with van der Waals surface area (Å²) in [6, 6.07) is 11.7. The van der Waals surface area contributed by atoms with Crippen LogP contribution >= 0.6 is 0 Å². The van der Waals surface area contributed by atoms with Gasteiger partial charge in [-0.05, 0) is 42.8 Å². The van der Waals surface area contributed by atoms with Gasteiger partial charge in [-0.2, -0.15) is 5.10 Å². The van der Waals surface area contributed by atoms with Crippen LogP contribution in [0.15, 0.2) is 54.7 Å². The minimum absolute atomic E-state index is 0.120. The molecule has 0 aliphatic rings. The van der Waals surface area contributed by atoms with Crippen LogP contribution in [0.5, 0.6) is 11.5 Å². The highest BCUT2D eigenvalue weighted by atomic mass is 19.1. The second kappa shape index (κ2) is 8.52. The second-order valence-corrected chi connectivity index (χ2v) is 6.29. The molecule has 6 heteroatoms. The number of allylic oxidation sites excluding steroid dienone is 1. The first-order chi connectivity index (χ1) is 13.5. The zero-order valence-electron chi connectivity index (χ0n) is 16.0. The van der Waals surface area contributed by atoms with E-state index in [4.69, 9.17) is 9.47 Å². The lowest BCUT2D eigenvalue weighted by molar-refractivity contribution is 0.104. The third kappa shape index (κ3) is 4.46. The molecule has 0 radical (unpaired) electrons. The predicted molar refractivity (Wildman–Crippen MR) is 105 cm³/mol. The molecule has 2 aromatic carbocycles. The van der Waals surface area contributed by atoms with E-state index in [1.807, 2.05) is 12.1 Å². The van der Waals surface area contributed by atoms with Gasteiger partial charge in [0.15, 0.2) is 17.3 Å². The standard InChI is InChI=1S/C22H21FN2O3/c1-15-18(13-25(2)24-15)20(26)10-8-16-9-11-21(27-3)17(12-16)14-28-22-7-5-4-6-19(22)23/h4-13H,14H2,1-3H3/b10-8+. The third-order valence-corrected chi connectivity index (χ3v) is 4.23. The van der Waals surface area contributed by atoms with Gasteiger partial charge in [-0.3, -0.25) is 9.48 Å². The SMILES string of the molecule is COc1ccc(/C=C/C(=O)c2cn(C)nc2C)cc1COc1ccccc1F. The lowest BCUT2D eigenvalue weighted by atomic mass is 10.1. The van der Waals surface area contributed by atoms with E-state index >= 15 is 0 Å². The van der Waals surface area contributed by atoms with Gasteiger partial charge in [-0.15, -0.1) is 0 Å². The summed E-state index contributed by atoms with van der Waals surface area (Å²) in [5, 5.41) is 4.18. The Bertz CT molecular complexity index is 1020. The van der Waals surface area contributed by atoms with E-state index in [2.05, 4.69) is 5.10 Å². The molecule has 0 amide bonds. The van der Waals surface area contributed by atoms with Crippen LogP contribution in [0.3, 0.4) is 0 Å². The Morgan fingerprint density at radius 3 is 2.68 bits per heavy atom. The topological polar surface area (TPSA) is 53.4 Å². The summed E-state index contributed by atoms with van der Waals surface area (Å²) in [6.07, 6.45) is 4.93. The van der Waals surface area contributed by atoms with Gasteiger partial charge in [-0.1, -0.05) is 24.3 Å². The number of nitrogens with zero attached hydrogens (tertiary/aromatic N) is 2. The molecule has 3 aromatic rings. The van der Waals surface area contributed by atoms with Crippen molar-refractivity contribution in [2.24, 2.45) is 7.05 Å². The number of ketones is 1. The van der Waals surface area contributed by atoms with Crippen LogP contribution in [-0.4, -0.2) is 22.7 Å². The molecule has 0 saturated carbocycles. The quantitative estimate of drug-likeness (QED) is 0.452. The van der Waals surface area contributed by atoms with Gasteiger partial charge in [0, 0.05) is 18.8 Å². The summed E-state index contributed by atoms with van der Waals surface area (Å²) >= 11 is 0. The van der Waals surface area contributed by atoms with Crippen molar-refractivity contribution in [3.8, 4) is 11.5 Å². The number of benzene rings is 2. The van der Waals surface area contributed by atoms with Gasteiger partial charge >= 0.3 is 0 Å². The van der Waals surface area contributed by atoms with Crippen molar-refractivity contribution >= 4 is 11.9 Å². The van der Waals surface area contributed by atoms with E-state index < -0.39 is 5.82 Å². The first-order valence-corrected chi connectivity index (χ1v) is 8.75. The van der Waals surface area contributed by atoms with Crippen LogP contribution in [-0.2, 0) is 13.7 Å². The Labute approximate surface area is 163 Å². The first-order valence-electron chi connectivity index (χ1n) is 8.75. The average molecular weight is 380 g/mol. The molecule has 0 saturated heterocycles. The van der Waals surface area contributed by atoms with E-state index in [-0.39, 0.29) is 18.1 Å². The smallest absolute Gasteiger partial charge is 0.189 e. The Morgan fingerprint density at radius 1 is 1.21 bits per heavy atom. The number of aromatic nitrogens is 2. The van der Waals surface area contributed by atoms with Crippen molar-refractivity contribution in [3.05, 3.63) is 82.9 Å². The van der Waals surface area contributed by atoms with E-state index in [0.717, 1.165) is 11.1 Å². The van der Waals surface area contributed by atoms with Crippen molar-refractivity contribution in [1.82, 2.24) is 9.78 Å². The fourth-order valence-corrected chi connectivity index (χ4v) is 2.84. The number of hydrogen-bond acceptors (Lipinski definition) is 4. The molecule has 0 atom stereocenters. The summed E-state index contributed by atoms with van der Waals surface area (Å²) in [6.45, 7) is 1.94. The number of aryl methyl sites for hydroxylation is 2. The molecule has 5 nitrogen and oxygen atoms in total. The van der Waals surface area contributed by atoms with Crippen molar-refractivity contribution in [2.45, 2.75) is 13.5 Å². The highest BCUT2D eigenvalue weighted by molar-refractivity contribution is 6.07. The summed E-state index contributed by atoms with van der Waals surface area (Å²) < 4.78 is 26.3. The van der Waals surface area contributed by atoms with E-state index in [9.17, 15) is 9.18 Å². The largest absolute Gasteiger partial charge is 0.496 e. The summed E-state index contributed by atoms with van der Waals surface area (Å²) in [7, 11) is 3.34. The fraction of sp³-hybridized carbons (Fsp3) is 0.182. The zero-order valence-corrected chi connectivity index (χ0v) is 16.0. The molecule has 0 fully saturated rings. The van der Waals surface area contributed by atoms with E-state index in [1.165, 1.54) is 12.1 Å². The number of methoxy groups -OCH3 is 1. The Balaban J connectivity index is 1.77. The monoisotopic (exact) mass is 380 g/mol. The summed E-state index contributed by atoms with van der Waals surface area (Å²) in [4.78, 5) is 12.4. The molecule has 144 valence electrons. The maximum absolute atomic E-state index is 13.7. The van der Waals surface area contributed by atoms with Crippen LogP contribution in [0.25, 0.3) is 6.08 Å². The molecule has 0 unspecified atom stereocenters. The Kier molecular flexibility index (Phi) is 5.89. The van der Waals surface area contributed by atoms with Gasteiger partial charge in [0.1, 0.15) is 12.4 Å². The Hall–Kier alpha value is -3.41. The molecule has 0 bridgehead atoms. The molecular formula is C22H21FN2O3. The zero-order chi connectivity index (χ0) is 20.1. The van der Waals surface area contributed by atoms with Gasteiger partial charge in [0.25, 0.3) is 0 Å². The van der Waals surface area contributed by atoms with E-state index in [0.29, 0.717) is 17.0 Å². The number of carbonyl (C=O) groups is 1. The van der Waals surface area contributed by atoms with Crippen molar-refractivity contribution in [2.75, 3.05) is 7.11 Å². The minimum Gasteiger partial charge on any atom is -0.496 e. The van der Waals surface area contributed by atoms with E-state index in [1.54, 1.807) is 62.3 Å². The number of hydrogen-bond donors (Lipinski definition) is 0. The third-order valence-electron chi connectivity index (χ3n) is 4.23. The number of halogens is 1. The van der Waals surface area contributed by atoms with Gasteiger partial charge < -0.3 is 9.47 Å². The minimum atomic E-state index is -0.421. The molecular weight excluding hydrogens is 359 g/mol. The molecule has 0 aliphatic heterocycles. The number of rotatable bonds is 7. The van der Waals surface area contributed by atoms with Crippen LogP contribution in [0.2, 0.25) is 0 Å². The average Bonchev–Trinajstić information content (AvgIpc) is 3.03. The number of carbonyl (C=O) groups excluding carboxylic acids is 1. The summed E-state index contributed by atoms with van der Waals surface area (Å²) in [5.74, 6) is 0.260. The van der Waals surface area contributed by atoms with Crippen molar-refractivity contribution in [1.29, 1.82) is 0 Å². The maximum Gasteiger partial charge on any atom is 0.189 e. The second-order valence-electron chi connectivity index (χ2n) is 6.29. The van der Waals surface area contributed by atoms with Crippen LogP contribution in [0.1, 0.15) is 27.2 Å². The van der Waals surface area contributed by atoms with Crippen molar-refractivity contribution < 1.29 is 18.7 Å². The molecule has 0 spiro atoms. The van der Waals surface area contributed by atoms with Crippen molar-refractivity contribution in [3.63, 3.8) is 0 Å². The molecule has 1 aromatic heterocycles. The Morgan fingerprint density at radius 2 is 2.00 bits per heavy atom. The summed E-state index contributed by atoms with van der Waals surface area (Å²) in [5.41, 5.74) is 2.81. The molecule has 0 aliphatic carbocycles. The normalized spacial score (nSPS) is 11.0. The predicted octanol–water partition coefficient (Wildman–Crippen LogP) is 4.35. The van der Waals surface area contributed by atoms with Gasteiger partial charge in [-0.25, -0.2) is 4.39 Å². The van der Waals surface area contributed by atoms with Crippen LogP contribution in [0, 0.1) is 12.7 Å². The lowest BCUT2D eigenvalue weighted by Gasteiger charge is -2.11. The number of para-hydroxylation sites is 1. The highest BCUT2D eigenvalue weighted by Crippen LogP contribution is 2.24. The fourth-order valence-electron chi connectivity index (χ4n) is 2.84. The maximum atomic E-state index is 13.7.